The summed E-state index contributed by atoms with van der Waals surface area (Å²) in [6.45, 7) is 3.90. The fraction of sp³-hybridized carbons (Fsp3) is 0.296. The van der Waals surface area contributed by atoms with Gasteiger partial charge in [0, 0.05) is 24.6 Å². The van der Waals surface area contributed by atoms with Gasteiger partial charge in [0.15, 0.2) is 0 Å². The summed E-state index contributed by atoms with van der Waals surface area (Å²) in [5, 5.41) is 10.0. The summed E-state index contributed by atoms with van der Waals surface area (Å²) >= 11 is 0. The number of hydrogen-bond acceptors (Lipinski definition) is 3. The SMILES string of the molecule is Cc1ccc(CN2CC(=O)N3[C@H](C2)[C@@H](c2ccc(-c4ccccc4F)cc2)[C@@H]3CO)cc1. The largest absolute Gasteiger partial charge is 0.394 e. The number of aliphatic hydroxyl groups is 1. The van der Waals surface area contributed by atoms with Gasteiger partial charge in [0.05, 0.1) is 25.2 Å². The van der Waals surface area contributed by atoms with E-state index >= 15 is 0 Å². The third-order valence-corrected chi connectivity index (χ3v) is 6.83. The van der Waals surface area contributed by atoms with Crippen molar-refractivity contribution in [1.82, 2.24) is 9.80 Å². The molecule has 2 saturated heterocycles. The van der Waals surface area contributed by atoms with Crippen LogP contribution in [0.4, 0.5) is 4.39 Å². The number of halogens is 1. The highest BCUT2D eigenvalue weighted by atomic mass is 19.1. The van der Waals surface area contributed by atoms with Crippen molar-refractivity contribution in [3.8, 4) is 11.1 Å². The van der Waals surface area contributed by atoms with Crippen LogP contribution in [0.2, 0.25) is 0 Å². The van der Waals surface area contributed by atoms with Gasteiger partial charge in [-0.2, -0.15) is 0 Å². The lowest BCUT2D eigenvalue weighted by atomic mass is 9.73. The van der Waals surface area contributed by atoms with E-state index in [0.29, 0.717) is 12.1 Å². The van der Waals surface area contributed by atoms with Gasteiger partial charge in [-0.1, -0.05) is 72.3 Å². The molecule has 32 heavy (non-hydrogen) atoms. The summed E-state index contributed by atoms with van der Waals surface area (Å²) in [4.78, 5) is 16.9. The lowest BCUT2D eigenvalue weighted by Gasteiger charge is -2.59. The van der Waals surface area contributed by atoms with Crippen LogP contribution in [0.25, 0.3) is 11.1 Å². The number of rotatable bonds is 5. The van der Waals surface area contributed by atoms with Gasteiger partial charge in [-0.25, -0.2) is 4.39 Å². The van der Waals surface area contributed by atoms with E-state index in [1.54, 1.807) is 12.1 Å². The number of aliphatic hydroxyl groups excluding tert-OH is 1. The fourth-order valence-electron chi connectivity index (χ4n) is 5.22. The van der Waals surface area contributed by atoms with Crippen LogP contribution in [0.15, 0.2) is 72.8 Å². The van der Waals surface area contributed by atoms with Gasteiger partial charge in [-0.3, -0.25) is 9.69 Å². The highest BCUT2D eigenvalue weighted by Gasteiger charge is 2.53. The number of benzene rings is 3. The first-order valence-corrected chi connectivity index (χ1v) is 11.1. The van der Waals surface area contributed by atoms with Gasteiger partial charge >= 0.3 is 0 Å². The van der Waals surface area contributed by atoms with Crippen LogP contribution in [-0.2, 0) is 11.3 Å². The Balaban J connectivity index is 1.36. The molecule has 2 aliphatic heterocycles. The Morgan fingerprint density at radius 1 is 1.00 bits per heavy atom. The normalized spacial score (nSPS) is 23.0. The summed E-state index contributed by atoms with van der Waals surface area (Å²) in [5.41, 5.74) is 4.89. The smallest absolute Gasteiger partial charge is 0.237 e. The lowest BCUT2D eigenvalue weighted by Crippen LogP contribution is -2.72. The van der Waals surface area contributed by atoms with E-state index in [1.165, 1.54) is 17.2 Å². The zero-order chi connectivity index (χ0) is 22.2. The summed E-state index contributed by atoms with van der Waals surface area (Å²) < 4.78 is 14.2. The fourth-order valence-corrected chi connectivity index (χ4v) is 5.22. The molecule has 1 amide bonds. The average Bonchev–Trinajstić information content (AvgIpc) is 2.78. The zero-order valence-electron chi connectivity index (χ0n) is 18.1. The minimum Gasteiger partial charge on any atom is -0.394 e. The second-order valence-electron chi connectivity index (χ2n) is 8.90. The molecular formula is C27H27FN2O2. The van der Waals surface area contributed by atoms with Gasteiger partial charge in [0.1, 0.15) is 5.82 Å². The number of piperazine rings is 1. The van der Waals surface area contributed by atoms with Crippen molar-refractivity contribution in [2.45, 2.75) is 31.5 Å². The molecule has 2 heterocycles. The molecule has 3 aromatic carbocycles. The second-order valence-corrected chi connectivity index (χ2v) is 8.90. The maximum atomic E-state index is 14.2. The maximum Gasteiger partial charge on any atom is 0.237 e. The van der Waals surface area contributed by atoms with Crippen molar-refractivity contribution in [3.05, 3.63) is 95.3 Å². The van der Waals surface area contributed by atoms with Gasteiger partial charge in [0.2, 0.25) is 5.91 Å². The summed E-state index contributed by atoms with van der Waals surface area (Å²) in [5.74, 6) is -0.0981. The van der Waals surface area contributed by atoms with E-state index in [-0.39, 0.29) is 36.3 Å². The van der Waals surface area contributed by atoms with Crippen molar-refractivity contribution < 1.29 is 14.3 Å². The first kappa shape index (κ1) is 20.9. The Bertz CT molecular complexity index is 1110. The second kappa shape index (κ2) is 8.49. The molecule has 1 N–H and O–H groups in total. The number of carbonyl (C=O) groups is 1. The van der Waals surface area contributed by atoms with Crippen LogP contribution in [0.5, 0.6) is 0 Å². The molecule has 3 atom stereocenters. The number of amides is 1. The molecule has 0 unspecified atom stereocenters. The first-order chi connectivity index (χ1) is 15.5. The number of aryl methyl sites for hydroxylation is 1. The number of carbonyl (C=O) groups excluding carboxylic acids is 1. The summed E-state index contributed by atoms with van der Waals surface area (Å²) in [7, 11) is 0. The Morgan fingerprint density at radius 2 is 1.72 bits per heavy atom. The van der Waals surface area contributed by atoms with Crippen molar-refractivity contribution in [3.63, 3.8) is 0 Å². The van der Waals surface area contributed by atoms with E-state index in [2.05, 4.69) is 36.1 Å². The molecule has 5 heteroatoms. The molecule has 3 aromatic rings. The van der Waals surface area contributed by atoms with Gasteiger partial charge < -0.3 is 10.0 Å². The molecule has 5 rings (SSSR count). The van der Waals surface area contributed by atoms with E-state index in [4.69, 9.17) is 0 Å². The Hall–Kier alpha value is -3.02. The molecule has 164 valence electrons. The van der Waals surface area contributed by atoms with Crippen LogP contribution < -0.4 is 0 Å². The molecule has 0 spiro atoms. The molecule has 0 radical (unpaired) electrons. The lowest BCUT2D eigenvalue weighted by molar-refractivity contribution is -0.162. The third kappa shape index (κ3) is 3.72. The monoisotopic (exact) mass is 430 g/mol. The first-order valence-electron chi connectivity index (χ1n) is 11.1. The molecule has 4 nitrogen and oxygen atoms in total. The standard InChI is InChI=1S/C27H27FN2O2/c1-18-6-8-19(9-7-18)14-29-15-24-27(25(17-31)30(24)26(32)16-29)21-12-10-20(11-13-21)22-4-2-3-5-23(22)28/h2-13,24-25,27,31H,14-17H2,1H3/t24-,25+,27-/m1/s1. The van der Waals surface area contributed by atoms with Crippen molar-refractivity contribution in [2.75, 3.05) is 19.7 Å². The number of fused-ring (bicyclic) bond motifs is 1. The van der Waals surface area contributed by atoms with Gasteiger partial charge in [0.25, 0.3) is 0 Å². The molecule has 0 aliphatic carbocycles. The quantitative estimate of drug-likeness (QED) is 0.666. The average molecular weight is 431 g/mol. The Kier molecular flexibility index (Phi) is 5.53. The minimum absolute atomic E-state index is 0.0400. The van der Waals surface area contributed by atoms with E-state index in [1.807, 2.05) is 35.2 Å². The van der Waals surface area contributed by atoms with Gasteiger partial charge in [-0.05, 0) is 29.7 Å². The van der Waals surface area contributed by atoms with Crippen LogP contribution >= 0.6 is 0 Å². The molecule has 0 bridgehead atoms. The molecule has 0 aromatic heterocycles. The summed E-state index contributed by atoms with van der Waals surface area (Å²) in [6, 6.07) is 22.9. The topological polar surface area (TPSA) is 43.8 Å². The zero-order valence-corrected chi connectivity index (χ0v) is 18.1. The highest BCUT2D eigenvalue weighted by Crippen LogP contribution is 2.43. The number of nitrogens with zero attached hydrogens (tertiary/aromatic N) is 2. The molecular weight excluding hydrogens is 403 g/mol. The van der Waals surface area contributed by atoms with Crippen LogP contribution in [0.1, 0.15) is 22.6 Å². The minimum atomic E-state index is -0.243. The van der Waals surface area contributed by atoms with E-state index in [0.717, 1.165) is 24.2 Å². The molecule has 2 fully saturated rings. The maximum absolute atomic E-state index is 14.2. The van der Waals surface area contributed by atoms with Gasteiger partial charge in [-0.15, -0.1) is 0 Å². The van der Waals surface area contributed by atoms with Crippen LogP contribution in [-0.4, -0.2) is 52.6 Å². The summed E-state index contributed by atoms with van der Waals surface area (Å²) in [6.07, 6.45) is 0. The third-order valence-electron chi connectivity index (χ3n) is 6.83. The van der Waals surface area contributed by atoms with E-state index in [9.17, 15) is 14.3 Å². The van der Waals surface area contributed by atoms with Crippen LogP contribution in [0, 0.1) is 12.7 Å². The van der Waals surface area contributed by atoms with E-state index < -0.39 is 0 Å². The molecule has 2 aliphatic rings. The van der Waals surface area contributed by atoms with Crippen molar-refractivity contribution in [1.29, 1.82) is 0 Å². The highest BCUT2D eigenvalue weighted by molar-refractivity contribution is 5.81. The van der Waals surface area contributed by atoms with Crippen molar-refractivity contribution in [2.24, 2.45) is 0 Å². The Morgan fingerprint density at radius 3 is 2.41 bits per heavy atom. The predicted molar refractivity (Wildman–Crippen MR) is 123 cm³/mol. The number of hydrogen-bond donors (Lipinski definition) is 1. The van der Waals surface area contributed by atoms with Crippen molar-refractivity contribution >= 4 is 5.91 Å². The molecule has 0 saturated carbocycles. The predicted octanol–water partition coefficient (Wildman–Crippen LogP) is 3.97. The van der Waals surface area contributed by atoms with Crippen LogP contribution in [0.3, 0.4) is 0 Å². The Labute approximate surface area is 187 Å².